The summed E-state index contributed by atoms with van der Waals surface area (Å²) in [5.41, 5.74) is 5.41. The third-order valence-electron chi connectivity index (χ3n) is 1.81. The maximum absolute atomic E-state index is 5.88. The molecule has 7 heteroatoms. The maximum atomic E-state index is 5.88. The maximum Gasteiger partial charge on any atom is 0.668 e. The first-order chi connectivity index (χ1) is 7.39. The van der Waals surface area contributed by atoms with Gasteiger partial charge in [-0.25, -0.2) is 0 Å². The molecule has 0 saturated carbocycles. The van der Waals surface area contributed by atoms with Crippen molar-refractivity contribution in [3.05, 3.63) is 0 Å². The Bertz CT molecular complexity index is 183. The minimum absolute atomic E-state index is 0.565. The Morgan fingerprint density at radius 1 is 1.00 bits per heavy atom. The summed E-state index contributed by atoms with van der Waals surface area (Å²) in [6.07, 6.45) is 1.83. The predicted molar refractivity (Wildman–Crippen MR) is 68.4 cm³/mol. The third kappa shape index (κ3) is 6.74. The molecule has 0 saturated heterocycles. The summed E-state index contributed by atoms with van der Waals surface area (Å²) in [7, 11) is -1.51. The summed E-state index contributed by atoms with van der Waals surface area (Å²) in [6.45, 7) is 7.48. The van der Waals surface area contributed by atoms with Gasteiger partial charge in [0.05, 0.1) is 0 Å². The van der Waals surface area contributed by atoms with Crippen LogP contribution in [-0.4, -0.2) is 44.7 Å². The minimum atomic E-state index is -2.91. The Morgan fingerprint density at radius 2 is 1.56 bits per heavy atom. The molecule has 0 radical (unpaired) electrons. The van der Waals surface area contributed by atoms with Gasteiger partial charge in [0.25, 0.3) is 0 Å². The van der Waals surface area contributed by atoms with Crippen LogP contribution >= 0.6 is 0 Å². The number of rotatable bonds is 9. The Morgan fingerprint density at radius 3 is 1.94 bits per heavy atom. The highest BCUT2D eigenvalue weighted by atomic mass is 28.5. The summed E-state index contributed by atoms with van der Waals surface area (Å²) in [5.74, 6) is 0. The van der Waals surface area contributed by atoms with Crippen LogP contribution in [-0.2, 0) is 17.4 Å². The van der Waals surface area contributed by atoms with Crippen LogP contribution in [0.2, 0.25) is 19.6 Å². The molecule has 0 heterocycles. The molecule has 16 heavy (non-hydrogen) atoms. The molecule has 0 amide bonds. The van der Waals surface area contributed by atoms with E-state index in [1.165, 1.54) is 0 Å². The van der Waals surface area contributed by atoms with Gasteiger partial charge in [0.15, 0.2) is 8.32 Å². The lowest BCUT2D eigenvalue weighted by Crippen LogP contribution is -2.53. The zero-order valence-corrected chi connectivity index (χ0v) is 13.0. The fraction of sp³-hybridized carbons (Fsp3) is 1.00. The summed E-state index contributed by atoms with van der Waals surface area (Å²) < 4.78 is 22.2. The molecule has 0 aliphatic heterocycles. The Labute approximate surface area is 101 Å². The molecule has 2 N–H and O–H groups in total. The number of nitrogens with two attached hydrogens (primary N) is 1. The fourth-order valence-electron chi connectivity index (χ4n) is 1.13. The minimum Gasteiger partial charge on any atom is -0.394 e. The second-order valence-electron chi connectivity index (χ2n) is 4.47. The number of hydrogen-bond donors (Lipinski definition) is 1. The molecule has 0 aliphatic carbocycles. The molecule has 0 atom stereocenters. The molecule has 0 aromatic rings. The van der Waals surface area contributed by atoms with Crippen molar-refractivity contribution >= 4 is 17.4 Å². The number of unbranched alkanes of at least 4 members (excludes halogenated alkanes) is 1. The molecule has 0 unspecified atom stereocenters. The zero-order chi connectivity index (χ0) is 12.7. The van der Waals surface area contributed by atoms with Gasteiger partial charge in [0.2, 0.25) is 0 Å². The first-order valence-corrected chi connectivity index (χ1v) is 10.6. The van der Waals surface area contributed by atoms with Crippen LogP contribution in [0.15, 0.2) is 0 Å². The summed E-state index contributed by atoms with van der Waals surface area (Å²) in [5, 5.41) is 0. The van der Waals surface area contributed by atoms with Gasteiger partial charge in [-0.05, 0) is 39.0 Å². The molecule has 0 aromatic carbocycles. The van der Waals surface area contributed by atoms with E-state index in [1.807, 2.05) is 0 Å². The van der Waals surface area contributed by atoms with Crippen molar-refractivity contribution in [1.29, 1.82) is 0 Å². The van der Waals surface area contributed by atoms with Gasteiger partial charge in [0, 0.05) is 20.8 Å². The second kappa shape index (κ2) is 7.54. The van der Waals surface area contributed by atoms with Gasteiger partial charge >= 0.3 is 9.05 Å². The van der Waals surface area contributed by atoms with E-state index in [4.69, 9.17) is 23.1 Å². The lowest BCUT2D eigenvalue weighted by atomic mass is 10.3. The lowest BCUT2D eigenvalue weighted by molar-refractivity contribution is 0.0286. The van der Waals surface area contributed by atoms with Crippen molar-refractivity contribution in [3.8, 4) is 0 Å². The van der Waals surface area contributed by atoms with E-state index in [0.717, 1.165) is 12.8 Å². The smallest absolute Gasteiger partial charge is 0.394 e. The van der Waals surface area contributed by atoms with E-state index in [2.05, 4.69) is 19.6 Å². The SMILES string of the molecule is CO[Si](OC)(OCCCCN)O[Si](C)(C)C. The topological polar surface area (TPSA) is 62.9 Å². The Hall–Kier alpha value is 0.234. The van der Waals surface area contributed by atoms with Crippen LogP contribution in [0.4, 0.5) is 0 Å². The molecule has 98 valence electrons. The summed E-state index contributed by atoms with van der Waals surface area (Å²) >= 11 is 0. The zero-order valence-electron chi connectivity index (χ0n) is 11.0. The largest absolute Gasteiger partial charge is 0.668 e. The van der Waals surface area contributed by atoms with Gasteiger partial charge in [0.1, 0.15) is 0 Å². The molecular weight excluding hydrogens is 242 g/mol. The highest BCUT2D eigenvalue weighted by Gasteiger charge is 2.46. The van der Waals surface area contributed by atoms with Gasteiger partial charge in [-0.3, -0.25) is 0 Å². The van der Waals surface area contributed by atoms with Crippen LogP contribution in [0.3, 0.4) is 0 Å². The normalized spacial score (nSPS) is 13.1. The Balaban J connectivity index is 4.21. The van der Waals surface area contributed by atoms with E-state index in [0.29, 0.717) is 13.2 Å². The third-order valence-corrected chi connectivity index (χ3v) is 6.82. The van der Waals surface area contributed by atoms with Crippen LogP contribution in [0.25, 0.3) is 0 Å². The molecule has 0 rings (SSSR count). The molecule has 5 nitrogen and oxygen atoms in total. The quantitative estimate of drug-likeness (QED) is 0.504. The summed E-state index contributed by atoms with van der Waals surface area (Å²) in [4.78, 5) is 0. The average molecular weight is 267 g/mol. The van der Waals surface area contributed by atoms with Crippen molar-refractivity contribution in [3.63, 3.8) is 0 Å². The van der Waals surface area contributed by atoms with Gasteiger partial charge < -0.3 is 23.1 Å². The van der Waals surface area contributed by atoms with Crippen molar-refractivity contribution in [2.24, 2.45) is 5.73 Å². The van der Waals surface area contributed by atoms with E-state index in [9.17, 15) is 0 Å². The fourth-order valence-corrected chi connectivity index (χ4v) is 5.83. The van der Waals surface area contributed by atoms with Crippen molar-refractivity contribution in [1.82, 2.24) is 0 Å². The standard InChI is InChI=1S/C9H25NO4Si2/c1-11-16(12-2,14-15(3,4)5)13-9-7-6-8-10/h6-10H2,1-5H3. The molecule has 0 aliphatic rings. The lowest BCUT2D eigenvalue weighted by Gasteiger charge is -2.31. The molecule has 0 aromatic heterocycles. The van der Waals surface area contributed by atoms with Gasteiger partial charge in [-0.15, -0.1) is 0 Å². The van der Waals surface area contributed by atoms with Gasteiger partial charge in [-0.1, -0.05) is 0 Å². The van der Waals surface area contributed by atoms with Crippen molar-refractivity contribution < 1.29 is 17.4 Å². The van der Waals surface area contributed by atoms with Crippen molar-refractivity contribution in [2.75, 3.05) is 27.4 Å². The first kappa shape index (κ1) is 16.2. The average Bonchev–Trinajstić information content (AvgIpc) is 2.21. The van der Waals surface area contributed by atoms with E-state index >= 15 is 0 Å². The summed E-state index contributed by atoms with van der Waals surface area (Å²) in [6, 6.07) is 0. The van der Waals surface area contributed by atoms with Crippen LogP contribution in [0.1, 0.15) is 12.8 Å². The molecule has 0 fully saturated rings. The van der Waals surface area contributed by atoms with E-state index < -0.39 is 17.4 Å². The van der Waals surface area contributed by atoms with Crippen LogP contribution < -0.4 is 5.73 Å². The van der Waals surface area contributed by atoms with E-state index in [-0.39, 0.29) is 0 Å². The van der Waals surface area contributed by atoms with Crippen molar-refractivity contribution in [2.45, 2.75) is 32.5 Å². The highest BCUT2D eigenvalue weighted by Crippen LogP contribution is 2.17. The monoisotopic (exact) mass is 267 g/mol. The molecule has 0 bridgehead atoms. The molecule has 0 spiro atoms. The van der Waals surface area contributed by atoms with Crippen LogP contribution in [0.5, 0.6) is 0 Å². The predicted octanol–water partition coefficient (Wildman–Crippen LogP) is 1.32. The second-order valence-corrected chi connectivity index (χ2v) is 11.6. The van der Waals surface area contributed by atoms with Gasteiger partial charge in [-0.2, -0.15) is 0 Å². The Kier molecular flexibility index (Phi) is 7.65. The van der Waals surface area contributed by atoms with Crippen LogP contribution in [0, 0.1) is 0 Å². The first-order valence-electron chi connectivity index (χ1n) is 5.53. The van der Waals surface area contributed by atoms with E-state index in [1.54, 1.807) is 14.2 Å². The molecular formula is C9H25NO4Si2. The highest BCUT2D eigenvalue weighted by molar-refractivity contribution is 6.77. The number of hydrogen-bond acceptors (Lipinski definition) is 5.